The molecule has 1 amide bonds. The normalized spacial score (nSPS) is 14.2. The maximum atomic E-state index is 12.7. The zero-order chi connectivity index (χ0) is 24.9. The maximum Gasteiger partial charge on any atom is 0.229 e. The minimum atomic E-state index is -0.0324. The van der Waals surface area contributed by atoms with E-state index < -0.39 is 0 Å². The van der Waals surface area contributed by atoms with Crippen LogP contribution in [0.1, 0.15) is 10.4 Å². The lowest BCUT2D eigenvalue weighted by Gasteiger charge is -2.35. The molecule has 1 aliphatic rings. The molecule has 188 valence electrons. The van der Waals surface area contributed by atoms with Crippen LogP contribution in [0.3, 0.4) is 0 Å². The lowest BCUT2D eigenvalue weighted by molar-refractivity contribution is -0.115. The third-order valence-corrected chi connectivity index (χ3v) is 8.22. The van der Waals surface area contributed by atoms with Crippen molar-refractivity contribution in [2.24, 2.45) is 0 Å². The number of amides is 1. The number of piperazine rings is 1. The van der Waals surface area contributed by atoms with Gasteiger partial charge in [0.25, 0.3) is 0 Å². The average Bonchev–Trinajstić information content (AvgIpc) is 3.58. The summed E-state index contributed by atoms with van der Waals surface area (Å²) >= 11 is 3.16. The Morgan fingerprint density at radius 3 is 2.56 bits per heavy atom. The predicted molar refractivity (Wildman–Crippen MR) is 148 cm³/mol. The highest BCUT2D eigenvalue weighted by atomic mass is 32.1. The molecule has 0 saturated carbocycles. The molecular formula is C27H30N4O3S2. The second-order valence-corrected chi connectivity index (χ2v) is 10.6. The van der Waals surface area contributed by atoms with Crippen LogP contribution in [0.5, 0.6) is 11.5 Å². The first-order valence-corrected chi connectivity index (χ1v) is 13.7. The van der Waals surface area contributed by atoms with Gasteiger partial charge in [0.15, 0.2) is 11.5 Å². The number of ether oxygens (including phenoxy) is 2. The molecule has 2 aromatic heterocycles. The number of fused-ring (bicyclic) bond motifs is 1. The number of hydrogen-bond acceptors (Lipinski definition) is 8. The highest BCUT2D eigenvalue weighted by Crippen LogP contribution is 2.34. The van der Waals surface area contributed by atoms with Gasteiger partial charge in [-0.1, -0.05) is 18.2 Å². The van der Waals surface area contributed by atoms with E-state index in [1.54, 1.807) is 37.1 Å². The minimum Gasteiger partial charge on any atom is -0.493 e. The number of benzene rings is 2. The largest absolute Gasteiger partial charge is 0.493 e. The van der Waals surface area contributed by atoms with Gasteiger partial charge in [-0.25, -0.2) is 0 Å². The van der Waals surface area contributed by atoms with E-state index in [1.165, 1.54) is 10.1 Å². The number of thiophene rings is 1. The molecule has 1 aliphatic heterocycles. The van der Waals surface area contributed by atoms with Crippen molar-refractivity contribution >= 4 is 50.4 Å². The lowest BCUT2D eigenvalue weighted by Crippen LogP contribution is -2.47. The van der Waals surface area contributed by atoms with E-state index in [0.717, 1.165) is 61.1 Å². The number of nitrogens with one attached hydrogen (secondary N) is 1. The van der Waals surface area contributed by atoms with Crippen molar-refractivity contribution in [3.63, 3.8) is 0 Å². The van der Waals surface area contributed by atoms with Crippen LogP contribution in [0.2, 0.25) is 0 Å². The van der Waals surface area contributed by atoms with Crippen LogP contribution in [0.4, 0.5) is 11.5 Å². The van der Waals surface area contributed by atoms with Gasteiger partial charge in [-0.05, 0) is 53.2 Å². The summed E-state index contributed by atoms with van der Waals surface area (Å²) in [5.41, 5.74) is 1.82. The van der Waals surface area contributed by atoms with Gasteiger partial charge in [-0.3, -0.25) is 9.69 Å². The van der Waals surface area contributed by atoms with E-state index in [-0.39, 0.29) is 5.91 Å². The van der Waals surface area contributed by atoms with Gasteiger partial charge in [0, 0.05) is 54.7 Å². The second-order valence-electron chi connectivity index (χ2n) is 8.75. The van der Waals surface area contributed by atoms with Gasteiger partial charge in [-0.2, -0.15) is 4.37 Å². The van der Waals surface area contributed by atoms with E-state index in [0.29, 0.717) is 17.9 Å². The fourth-order valence-corrected chi connectivity index (χ4v) is 6.07. The molecule has 5 rings (SSSR count). The molecule has 3 heterocycles. The Balaban J connectivity index is 1.24. The van der Waals surface area contributed by atoms with E-state index in [2.05, 4.69) is 39.4 Å². The summed E-state index contributed by atoms with van der Waals surface area (Å²) in [6.45, 7) is 4.74. The molecule has 1 fully saturated rings. The summed E-state index contributed by atoms with van der Waals surface area (Å²) in [7, 11) is 3.25. The molecule has 36 heavy (non-hydrogen) atoms. The number of anilines is 2. The topological polar surface area (TPSA) is 66.9 Å². The second kappa shape index (κ2) is 11.3. The molecule has 0 atom stereocenters. The summed E-state index contributed by atoms with van der Waals surface area (Å²) in [6.07, 6.45) is 1.16. The molecule has 1 N–H and O–H groups in total. The van der Waals surface area contributed by atoms with Crippen molar-refractivity contribution in [1.29, 1.82) is 0 Å². The van der Waals surface area contributed by atoms with E-state index in [1.807, 2.05) is 29.6 Å². The Hall–Kier alpha value is -3.14. The maximum absolute atomic E-state index is 12.7. The first kappa shape index (κ1) is 24.5. The summed E-state index contributed by atoms with van der Waals surface area (Å²) < 4.78 is 17.0. The third-order valence-electron chi connectivity index (χ3n) is 6.53. The fourth-order valence-electron chi connectivity index (χ4n) is 4.57. The molecule has 0 bridgehead atoms. The van der Waals surface area contributed by atoms with Crippen molar-refractivity contribution in [2.75, 3.05) is 57.2 Å². The average molecular weight is 523 g/mol. The predicted octanol–water partition coefficient (Wildman–Crippen LogP) is 4.92. The molecule has 0 aliphatic carbocycles. The minimum absolute atomic E-state index is 0.0324. The Morgan fingerprint density at radius 1 is 1.03 bits per heavy atom. The Kier molecular flexibility index (Phi) is 7.69. The van der Waals surface area contributed by atoms with Gasteiger partial charge in [0.05, 0.1) is 25.3 Å². The molecular weight excluding hydrogens is 492 g/mol. The quantitative estimate of drug-likeness (QED) is 0.337. The number of rotatable bonds is 9. The highest BCUT2D eigenvalue weighted by molar-refractivity contribution is 7.13. The zero-order valence-corrected chi connectivity index (χ0v) is 22.2. The fraction of sp³-hybridized carbons (Fsp3) is 0.333. The Morgan fingerprint density at radius 2 is 1.81 bits per heavy atom. The number of aromatic nitrogens is 1. The Bertz CT molecular complexity index is 1310. The lowest BCUT2D eigenvalue weighted by atomic mass is 10.1. The van der Waals surface area contributed by atoms with Gasteiger partial charge in [0.2, 0.25) is 5.91 Å². The standard InChI is InChI=1S/C27H30N4O3S2/c1-33-23-16-19(22(18-24(23)34-2)28-26(32)17-20-6-5-15-35-20)9-10-30-11-13-31(14-12-30)27-21-7-3-4-8-25(21)36-29-27/h3-8,15-16,18H,9-14,17H2,1-2H3,(H,28,32). The number of carbonyl (C=O) groups is 1. The molecule has 4 aromatic rings. The molecule has 0 radical (unpaired) electrons. The van der Waals surface area contributed by atoms with E-state index in [4.69, 9.17) is 13.8 Å². The van der Waals surface area contributed by atoms with Crippen LogP contribution in [0.15, 0.2) is 53.9 Å². The molecule has 2 aromatic carbocycles. The first-order chi connectivity index (χ1) is 17.6. The third kappa shape index (κ3) is 5.48. The van der Waals surface area contributed by atoms with E-state index in [9.17, 15) is 4.79 Å². The van der Waals surface area contributed by atoms with Crippen molar-refractivity contribution in [1.82, 2.24) is 9.27 Å². The van der Waals surface area contributed by atoms with Crippen LogP contribution in [0, 0.1) is 0 Å². The van der Waals surface area contributed by atoms with Gasteiger partial charge in [0.1, 0.15) is 5.82 Å². The number of methoxy groups -OCH3 is 2. The first-order valence-electron chi connectivity index (χ1n) is 12.0. The summed E-state index contributed by atoms with van der Waals surface area (Å²) in [4.78, 5) is 18.6. The van der Waals surface area contributed by atoms with Crippen LogP contribution in [-0.4, -0.2) is 62.1 Å². The summed E-state index contributed by atoms with van der Waals surface area (Å²) in [5.74, 6) is 2.35. The monoisotopic (exact) mass is 522 g/mol. The number of nitrogens with zero attached hydrogens (tertiary/aromatic N) is 3. The van der Waals surface area contributed by atoms with Crippen molar-refractivity contribution in [3.8, 4) is 11.5 Å². The number of carbonyl (C=O) groups excluding carboxylic acids is 1. The Labute approximate surface area is 219 Å². The smallest absolute Gasteiger partial charge is 0.229 e. The summed E-state index contributed by atoms with van der Waals surface area (Å²) in [6, 6.07) is 16.2. The SMILES string of the molecule is COc1cc(CCN2CCN(c3nsc4ccccc34)CC2)c(NC(=O)Cc2cccs2)cc1OC. The van der Waals surface area contributed by atoms with Gasteiger partial charge in [-0.15, -0.1) is 11.3 Å². The van der Waals surface area contributed by atoms with Crippen molar-refractivity contribution in [2.45, 2.75) is 12.8 Å². The molecule has 7 nitrogen and oxygen atoms in total. The molecule has 9 heteroatoms. The van der Waals surface area contributed by atoms with Crippen LogP contribution in [0.25, 0.3) is 10.1 Å². The van der Waals surface area contributed by atoms with E-state index >= 15 is 0 Å². The van der Waals surface area contributed by atoms with Crippen LogP contribution in [-0.2, 0) is 17.6 Å². The molecule has 0 unspecified atom stereocenters. The number of hydrogen-bond donors (Lipinski definition) is 1. The highest BCUT2D eigenvalue weighted by Gasteiger charge is 2.21. The van der Waals surface area contributed by atoms with Gasteiger partial charge >= 0.3 is 0 Å². The van der Waals surface area contributed by atoms with Gasteiger partial charge < -0.3 is 19.7 Å². The van der Waals surface area contributed by atoms with Crippen LogP contribution < -0.4 is 19.7 Å². The summed E-state index contributed by atoms with van der Waals surface area (Å²) in [5, 5.41) is 6.33. The molecule has 1 saturated heterocycles. The molecule has 0 spiro atoms. The zero-order valence-electron chi connectivity index (χ0n) is 20.5. The van der Waals surface area contributed by atoms with Crippen LogP contribution >= 0.6 is 22.9 Å². The van der Waals surface area contributed by atoms with Crippen molar-refractivity contribution < 1.29 is 14.3 Å². The van der Waals surface area contributed by atoms with Crippen molar-refractivity contribution in [3.05, 3.63) is 64.4 Å².